The van der Waals surface area contributed by atoms with Crippen LogP contribution in [-0.4, -0.2) is 22.6 Å². The lowest BCUT2D eigenvalue weighted by Crippen LogP contribution is -2.33. The molecule has 0 rings (SSSR count). The van der Waals surface area contributed by atoms with Gasteiger partial charge in [0.15, 0.2) is 0 Å². The summed E-state index contributed by atoms with van der Waals surface area (Å²) in [4.78, 5) is 25.9. The Morgan fingerprint density at radius 1 is 1.31 bits per heavy atom. The van der Waals surface area contributed by atoms with E-state index < -0.39 is 17.5 Å². The van der Waals surface area contributed by atoms with Crippen LogP contribution in [0.2, 0.25) is 0 Å². The molecule has 0 aromatic rings. The van der Waals surface area contributed by atoms with Crippen LogP contribution in [0.4, 0.5) is 0 Å². The van der Waals surface area contributed by atoms with Crippen molar-refractivity contribution in [3.8, 4) is 0 Å². The van der Waals surface area contributed by atoms with Crippen LogP contribution >= 0.6 is 0 Å². The number of amides is 1. The van der Waals surface area contributed by atoms with E-state index >= 15 is 0 Å². The van der Waals surface area contributed by atoms with Crippen molar-refractivity contribution >= 4 is 11.9 Å². The van der Waals surface area contributed by atoms with Crippen LogP contribution < -0.4 is 5.48 Å². The molecule has 0 atom stereocenters. The van der Waals surface area contributed by atoms with Gasteiger partial charge in [0.25, 0.3) is 0 Å². The summed E-state index contributed by atoms with van der Waals surface area (Å²) in [6.45, 7) is 5.35. The molecule has 0 saturated carbocycles. The normalized spacial score (nSPS) is 11.0. The van der Waals surface area contributed by atoms with Gasteiger partial charge in [-0.05, 0) is 20.8 Å². The second-order valence-corrected chi connectivity index (χ2v) is 3.63. The van der Waals surface area contributed by atoms with Crippen molar-refractivity contribution in [3.63, 3.8) is 0 Å². The number of hydroxylamine groups is 1. The lowest BCUT2D eigenvalue weighted by molar-refractivity contribution is -0.148. The van der Waals surface area contributed by atoms with E-state index in [2.05, 4.69) is 5.48 Å². The van der Waals surface area contributed by atoms with Crippen molar-refractivity contribution in [3.05, 3.63) is 0 Å². The molecule has 1 amide bonds. The van der Waals surface area contributed by atoms with Crippen molar-refractivity contribution in [1.82, 2.24) is 5.48 Å². The zero-order valence-electron chi connectivity index (χ0n) is 8.09. The average molecular weight is 189 g/mol. The highest BCUT2D eigenvalue weighted by atomic mass is 16.7. The number of hydrogen-bond donors (Lipinski definition) is 2. The molecule has 0 aliphatic rings. The number of carbonyl (C=O) groups is 2. The predicted octanol–water partition coefficient (Wildman–Crippen LogP) is 0.698. The molecule has 0 fully saturated rings. The summed E-state index contributed by atoms with van der Waals surface area (Å²) < 4.78 is 0. The highest BCUT2D eigenvalue weighted by Gasteiger charge is 2.13. The Kier molecular flexibility index (Phi) is 4.40. The first kappa shape index (κ1) is 11.9. The minimum Gasteiger partial charge on any atom is -0.481 e. The van der Waals surface area contributed by atoms with Gasteiger partial charge in [0.05, 0.1) is 12.0 Å². The van der Waals surface area contributed by atoms with Crippen LogP contribution in [0, 0.1) is 0 Å². The van der Waals surface area contributed by atoms with Crippen molar-refractivity contribution < 1.29 is 19.5 Å². The van der Waals surface area contributed by atoms with Gasteiger partial charge in [-0.25, -0.2) is 5.48 Å². The topological polar surface area (TPSA) is 75.6 Å². The van der Waals surface area contributed by atoms with Gasteiger partial charge in [-0.2, -0.15) is 0 Å². The highest BCUT2D eigenvalue weighted by Crippen LogP contribution is 2.03. The number of rotatable bonds is 4. The van der Waals surface area contributed by atoms with Gasteiger partial charge in [-0.3, -0.25) is 14.4 Å². The standard InChI is InChI=1S/C8H15NO4/c1-8(2,3)13-9-6(10)4-5-7(11)12/h4-5H2,1-3H3,(H,9,10)(H,11,12). The number of carboxylic acids is 1. The van der Waals surface area contributed by atoms with Crippen LogP contribution in [0.3, 0.4) is 0 Å². The number of hydrogen-bond acceptors (Lipinski definition) is 3. The van der Waals surface area contributed by atoms with E-state index in [0.717, 1.165) is 0 Å². The van der Waals surface area contributed by atoms with Crippen molar-refractivity contribution in [2.45, 2.75) is 39.2 Å². The fourth-order valence-electron chi connectivity index (χ4n) is 0.482. The van der Waals surface area contributed by atoms with Crippen molar-refractivity contribution in [2.75, 3.05) is 0 Å². The molecule has 0 aromatic heterocycles. The minimum atomic E-state index is -0.995. The average Bonchev–Trinajstić information content (AvgIpc) is 1.95. The molecule has 0 unspecified atom stereocenters. The zero-order chi connectivity index (χ0) is 10.5. The van der Waals surface area contributed by atoms with Gasteiger partial charge in [0, 0.05) is 6.42 Å². The van der Waals surface area contributed by atoms with Gasteiger partial charge in [-0.15, -0.1) is 0 Å². The molecule has 0 aliphatic heterocycles. The van der Waals surface area contributed by atoms with Crippen molar-refractivity contribution in [1.29, 1.82) is 0 Å². The number of nitrogens with one attached hydrogen (secondary N) is 1. The Hall–Kier alpha value is -1.10. The maximum absolute atomic E-state index is 10.9. The molecule has 0 aliphatic carbocycles. The summed E-state index contributed by atoms with van der Waals surface area (Å²) in [6.07, 6.45) is -0.245. The highest BCUT2D eigenvalue weighted by molar-refractivity contribution is 5.79. The Morgan fingerprint density at radius 2 is 1.85 bits per heavy atom. The third-order valence-electron chi connectivity index (χ3n) is 1.04. The maximum Gasteiger partial charge on any atom is 0.303 e. The second kappa shape index (κ2) is 4.81. The number of carboxylic acid groups (broad SMARTS) is 1. The molecule has 5 nitrogen and oxygen atoms in total. The van der Waals surface area contributed by atoms with Gasteiger partial charge in [-0.1, -0.05) is 0 Å². The Labute approximate surface area is 77.0 Å². The van der Waals surface area contributed by atoms with E-state index in [1.54, 1.807) is 20.8 Å². The van der Waals surface area contributed by atoms with E-state index in [-0.39, 0.29) is 12.8 Å². The van der Waals surface area contributed by atoms with Gasteiger partial charge < -0.3 is 5.11 Å². The largest absolute Gasteiger partial charge is 0.481 e. The summed E-state index contributed by atoms with van der Waals surface area (Å²) in [5, 5.41) is 8.27. The van der Waals surface area contributed by atoms with E-state index in [0.29, 0.717) is 0 Å². The van der Waals surface area contributed by atoms with Crippen LogP contribution in [0.1, 0.15) is 33.6 Å². The summed E-state index contributed by atoms with van der Waals surface area (Å²) in [5.74, 6) is -1.41. The molecule has 0 aromatic carbocycles. The third kappa shape index (κ3) is 8.81. The molecule has 0 saturated heterocycles. The van der Waals surface area contributed by atoms with E-state index in [9.17, 15) is 9.59 Å². The fraction of sp³-hybridized carbons (Fsp3) is 0.750. The van der Waals surface area contributed by atoms with E-state index in [1.165, 1.54) is 0 Å². The lowest BCUT2D eigenvalue weighted by Gasteiger charge is -2.18. The van der Waals surface area contributed by atoms with E-state index in [1.807, 2.05) is 0 Å². The van der Waals surface area contributed by atoms with Crippen molar-refractivity contribution in [2.24, 2.45) is 0 Å². The Morgan fingerprint density at radius 3 is 2.23 bits per heavy atom. The minimum absolute atomic E-state index is 0.0641. The zero-order valence-corrected chi connectivity index (χ0v) is 8.09. The quantitative estimate of drug-likeness (QED) is 0.638. The van der Waals surface area contributed by atoms with Gasteiger partial charge in [0.2, 0.25) is 5.91 Å². The first-order valence-corrected chi connectivity index (χ1v) is 4.00. The van der Waals surface area contributed by atoms with Crippen LogP contribution in [0.25, 0.3) is 0 Å². The first-order chi connectivity index (χ1) is 5.81. The lowest BCUT2D eigenvalue weighted by atomic mass is 10.2. The number of carbonyl (C=O) groups excluding carboxylic acids is 1. The molecule has 5 heteroatoms. The molecule has 2 N–H and O–H groups in total. The molecule has 0 heterocycles. The summed E-state index contributed by atoms with van der Waals surface area (Å²) in [7, 11) is 0. The third-order valence-corrected chi connectivity index (χ3v) is 1.04. The monoisotopic (exact) mass is 189 g/mol. The molecule has 0 bridgehead atoms. The van der Waals surface area contributed by atoms with Crippen LogP contribution in [0.15, 0.2) is 0 Å². The first-order valence-electron chi connectivity index (χ1n) is 4.00. The predicted molar refractivity (Wildman–Crippen MR) is 45.9 cm³/mol. The maximum atomic E-state index is 10.9. The Balaban J connectivity index is 3.58. The molecule has 13 heavy (non-hydrogen) atoms. The number of aliphatic carboxylic acids is 1. The smallest absolute Gasteiger partial charge is 0.303 e. The molecular weight excluding hydrogens is 174 g/mol. The SMILES string of the molecule is CC(C)(C)ONC(=O)CCC(=O)O. The summed E-state index contributed by atoms with van der Waals surface area (Å²) in [5.41, 5.74) is 1.72. The summed E-state index contributed by atoms with van der Waals surface area (Å²) in [6, 6.07) is 0. The summed E-state index contributed by atoms with van der Waals surface area (Å²) >= 11 is 0. The van der Waals surface area contributed by atoms with Crippen LogP contribution in [0.5, 0.6) is 0 Å². The molecule has 0 spiro atoms. The van der Waals surface area contributed by atoms with Crippen LogP contribution in [-0.2, 0) is 14.4 Å². The second-order valence-electron chi connectivity index (χ2n) is 3.63. The molecular formula is C8H15NO4. The Bertz CT molecular complexity index is 195. The van der Waals surface area contributed by atoms with Gasteiger partial charge in [0.1, 0.15) is 0 Å². The molecule has 0 radical (unpaired) electrons. The van der Waals surface area contributed by atoms with E-state index in [4.69, 9.17) is 9.94 Å². The fourth-order valence-corrected chi connectivity index (χ4v) is 0.482. The van der Waals surface area contributed by atoms with Gasteiger partial charge >= 0.3 is 5.97 Å². The molecule has 76 valence electrons.